The number of rotatable bonds is 28. The predicted octanol–water partition coefficient (Wildman–Crippen LogP) is -2.14. The predicted molar refractivity (Wildman–Crippen MR) is 227 cm³/mol. The van der Waals surface area contributed by atoms with E-state index in [1.54, 1.807) is 27.7 Å². The maximum Gasteiger partial charge on any atom is 0.326 e. The Hall–Kier alpha value is -4.89. The monoisotopic (exact) mass is 871 g/mol. The fourth-order valence-electron chi connectivity index (χ4n) is 5.90. The Kier molecular flexibility index (Phi) is 25.6. The lowest BCUT2D eigenvalue weighted by molar-refractivity contribution is -0.143. The highest BCUT2D eigenvalue weighted by molar-refractivity contribution is 5.97. The molecule has 350 valence electrons. The minimum absolute atomic E-state index is 0.0148. The lowest BCUT2D eigenvalue weighted by Crippen LogP contribution is -2.60. The third kappa shape index (κ3) is 21.5. The van der Waals surface area contributed by atoms with Crippen LogP contribution >= 0.6 is 0 Å². The van der Waals surface area contributed by atoms with E-state index in [-0.39, 0.29) is 24.7 Å². The van der Waals surface area contributed by atoms with Gasteiger partial charge in [0.05, 0.1) is 18.7 Å². The van der Waals surface area contributed by atoms with Gasteiger partial charge in [0.25, 0.3) is 0 Å². The number of carbonyl (C=O) groups is 9. The van der Waals surface area contributed by atoms with E-state index in [9.17, 15) is 53.4 Å². The summed E-state index contributed by atoms with van der Waals surface area (Å²) < 4.78 is 0. The topological polar surface area (TPSA) is 342 Å². The van der Waals surface area contributed by atoms with Crippen molar-refractivity contribution in [3.8, 4) is 0 Å². The van der Waals surface area contributed by atoms with Crippen LogP contribution < -0.4 is 54.0 Å². The summed E-state index contributed by atoms with van der Waals surface area (Å²) in [5.74, 6) is -8.02. The van der Waals surface area contributed by atoms with Crippen LogP contribution in [-0.4, -0.2) is 131 Å². The Morgan fingerprint density at radius 3 is 1.46 bits per heavy atom. The molecule has 8 amide bonds. The van der Waals surface area contributed by atoms with E-state index in [0.29, 0.717) is 25.8 Å². The second kappa shape index (κ2) is 27.9. The van der Waals surface area contributed by atoms with Crippen LogP contribution in [0.2, 0.25) is 0 Å². The Bertz CT molecular complexity index is 1490. The molecular weight excluding hydrogens is 796 g/mol. The molecule has 61 heavy (non-hydrogen) atoms. The summed E-state index contributed by atoms with van der Waals surface area (Å²) in [6.07, 6.45) is 0.217. The minimum atomic E-state index is -1.59. The third-order valence-electron chi connectivity index (χ3n) is 9.47. The standard InChI is InChI=1S/C40H74N10O11/c1-19(2)16-26(42)35(55)47-28(17-20(3)4)37(57)45-24(10)34(54)48-30(21(5)6)38(58)43-18-29(52)44-23(9)33(53)50-32(25(11)51)39(59)46-27(14-12-13-15-41)36(56)49-31(22(7)8)40(60)61/h19-28,30-32,51H,12-18,41-42H2,1-11H3,(H,43,58)(H,44,52)(H,45,57)(H,46,59)(H,47,55)(H,48,54)(H,49,56)(H,50,53)(H,60,61)/t23-,24-,25+,26-,27-,28-,30-,31-,32-/m0/s1. The first kappa shape index (κ1) is 56.1. The first-order valence-electron chi connectivity index (χ1n) is 21.0. The highest BCUT2D eigenvalue weighted by Gasteiger charge is 2.34. The number of aliphatic carboxylic acids is 1. The SMILES string of the molecule is CC(C)C[C@H](NC(=O)[C@@H](N)CC(C)C)C(=O)N[C@@H](C)C(=O)N[C@H](C(=O)NCC(=O)N[C@@H](C)C(=O)N[C@H](C(=O)N[C@@H](CCCCN)C(=O)N[C@H](C(=O)O)C(C)C)[C@@H](C)O)C(C)C. The Morgan fingerprint density at radius 2 is 0.984 bits per heavy atom. The highest BCUT2D eigenvalue weighted by atomic mass is 16.4. The number of nitrogens with one attached hydrogen (secondary N) is 8. The lowest BCUT2D eigenvalue weighted by atomic mass is 10.00. The van der Waals surface area contributed by atoms with Crippen molar-refractivity contribution in [2.45, 2.75) is 163 Å². The number of carboxylic acids is 1. The van der Waals surface area contributed by atoms with Crippen LogP contribution in [0.5, 0.6) is 0 Å². The van der Waals surface area contributed by atoms with Gasteiger partial charge in [0.15, 0.2) is 0 Å². The molecule has 0 fully saturated rings. The Labute approximate surface area is 359 Å². The van der Waals surface area contributed by atoms with Gasteiger partial charge in [0, 0.05) is 0 Å². The van der Waals surface area contributed by atoms with Gasteiger partial charge in [-0.1, -0.05) is 55.4 Å². The van der Waals surface area contributed by atoms with E-state index in [4.69, 9.17) is 11.5 Å². The van der Waals surface area contributed by atoms with Crippen LogP contribution in [0.15, 0.2) is 0 Å². The first-order valence-corrected chi connectivity index (χ1v) is 21.0. The van der Waals surface area contributed by atoms with Gasteiger partial charge in [-0.05, 0) is 83.1 Å². The van der Waals surface area contributed by atoms with Gasteiger partial charge >= 0.3 is 5.97 Å². The molecule has 0 aliphatic heterocycles. The van der Waals surface area contributed by atoms with Crippen LogP contribution in [0.4, 0.5) is 0 Å². The summed E-state index contributed by atoms with van der Waals surface area (Å²) in [5.41, 5.74) is 11.6. The Balaban J connectivity index is 5.52. The molecule has 21 heteroatoms. The average molecular weight is 871 g/mol. The third-order valence-corrected chi connectivity index (χ3v) is 9.47. The van der Waals surface area contributed by atoms with Gasteiger partial charge in [-0.3, -0.25) is 38.4 Å². The van der Waals surface area contributed by atoms with Gasteiger partial charge in [-0.15, -0.1) is 0 Å². The van der Waals surface area contributed by atoms with E-state index < -0.39 is 126 Å². The zero-order valence-electron chi connectivity index (χ0n) is 37.7. The summed E-state index contributed by atoms with van der Waals surface area (Å²) in [7, 11) is 0. The van der Waals surface area contributed by atoms with Crippen molar-refractivity contribution in [3.63, 3.8) is 0 Å². The number of hydrogen-bond acceptors (Lipinski definition) is 12. The number of unbranched alkanes of at least 4 members (excludes halogenated alkanes) is 1. The molecule has 0 aliphatic carbocycles. The van der Waals surface area contributed by atoms with Crippen molar-refractivity contribution >= 4 is 53.2 Å². The van der Waals surface area contributed by atoms with Gasteiger partial charge in [-0.25, -0.2) is 4.79 Å². The molecule has 0 spiro atoms. The van der Waals surface area contributed by atoms with Gasteiger partial charge in [0.1, 0.15) is 42.3 Å². The van der Waals surface area contributed by atoms with Crippen molar-refractivity contribution in [2.24, 2.45) is 35.1 Å². The zero-order valence-corrected chi connectivity index (χ0v) is 37.7. The second-order valence-corrected chi connectivity index (χ2v) is 17.0. The smallest absolute Gasteiger partial charge is 0.326 e. The van der Waals surface area contributed by atoms with Crippen molar-refractivity contribution in [3.05, 3.63) is 0 Å². The van der Waals surface area contributed by atoms with Crippen molar-refractivity contribution in [1.82, 2.24) is 42.5 Å². The molecular formula is C40H74N10O11. The van der Waals surface area contributed by atoms with E-state index in [0.717, 1.165) is 0 Å². The molecule has 0 heterocycles. The molecule has 9 atom stereocenters. The van der Waals surface area contributed by atoms with Crippen LogP contribution in [0.3, 0.4) is 0 Å². The van der Waals surface area contributed by atoms with Crippen molar-refractivity contribution in [1.29, 1.82) is 0 Å². The van der Waals surface area contributed by atoms with E-state index in [1.807, 2.05) is 27.7 Å². The highest BCUT2D eigenvalue weighted by Crippen LogP contribution is 2.10. The molecule has 0 rings (SSSR count). The summed E-state index contributed by atoms with van der Waals surface area (Å²) in [5, 5.41) is 39.7. The fraction of sp³-hybridized carbons (Fsp3) is 0.775. The number of amides is 8. The molecule has 0 unspecified atom stereocenters. The maximum atomic E-state index is 13.3. The number of aliphatic hydroxyl groups is 1. The number of hydrogen-bond donors (Lipinski definition) is 12. The van der Waals surface area contributed by atoms with Crippen LogP contribution in [-0.2, 0) is 43.2 Å². The molecule has 0 bridgehead atoms. The quantitative estimate of drug-likeness (QED) is 0.0374. The summed E-state index contributed by atoms with van der Waals surface area (Å²) in [6.45, 7) is 17.7. The molecule has 14 N–H and O–H groups in total. The normalized spacial score (nSPS) is 15.8. The van der Waals surface area contributed by atoms with E-state index in [2.05, 4.69) is 42.5 Å². The van der Waals surface area contributed by atoms with Gasteiger partial charge in [0.2, 0.25) is 47.3 Å². The molecule has 0 aromatic carbocycles. The van der Waals surface area contributed by atoms with Crippen molar-refractivity contribution in [2.75, 3.05) is 13.1 Å². The number of carbonyl (C=O) groups excluding carboxylic acids is 8. The van der Waals surface area contributed by atoms with E-state index in [1.165, 1.54) is 20.8 Å². The summed E-state index contributed by atoms with van der Waals surface area (Å²) >= 11 is 0. The zero-order chi connectivity index (χ0) is 47.3. The fourth-order valence-corrected chi connectivity index (χ4v) is 5.90. The number of aliphatic hydroxyl groups excluding tert-OH is 1. The largest absolute Gasteiger partial charge is 0.480 e. The molecule has 0 radical (unpaired) electrons. The summed E-state index contributed by atoms with van der Waals surface area (Å²) in [4.78, 5) is 116. The second-order valence-electron chi connectivity index (χ2n) is 17.0. The Morgan fingerprint density at radius 1 is 0.508 bits per heavy atom. The number of nitrogens with two attached hydrogens (primary N) is 2. The molecule has 0 aromatic rings. The molecule has 0 saturated carbocycles. The lowest BCUT2D eigenvalue weighted by Gasteiger charge is -2.27. The van der Waals surface area contributed by atoms with Crippen molar-refractivity contribution < 1.29 is 53.4 Å². The van der Waals surface area contributed by atoms with Crippen LogP contribution in [0, 0.1) is 23.7 Å². The average Bonchev–Trinajstić information content (AvgIpc) is 3.14. The van der Waals surface area contributed by atoms with Gasteiger partial charge < -0.3 is 64.2 Å². The van der Waals surface area contributed by atoms with Crippen LogP contribution in [0.1, 0.15) is 108 Å². The van der Waals surface area contributed by atoms with Crippen LogP contribution in [0.25, 0.3) is 0 Å². The molecule has 0 saturated heterocycles. The van der Waals surface area contributed by atoms with Gasteiger partial charge in [-0.2, -0.15) is 0 Å². The van der Waals surface area contributed by atoms with E-state index >= 15 is 0 Å². The molecule has 0 aliphatic rings. The molecule has 0 aromatic heterocycles. The first-order chi connectivity index (χ1) is 28.2. The maximum absolute atomic E-state index is 13.3. The molecule has 21 nitrogen and oxygen atoms in total. The minimum Gasteiger partial charge on any atom is -0.480 e. The summed E-state index contributed by atoms with van der Waals surface area (Å²) in [6, 6.07) is -9.39. The number of carboxylic acid groups (broad SMARTS) is 1.